The van der Waals surface area contributed by atoms with E-state index in [1.54, 1.807) is 18.3 Å². The van der Waals surface area contributed by atoms with E-state index in [0.29, 0.717) is 22.2 Å². The third-order valence-electron chi connectivity index (χ3n) is 2.84. The first-order valence-electron chi connectivity index (χ1n) is 6.55. The number of aromatic nitrogens is 1. The Morgan fingerprint density at radius 2 is 2.04 bits per heavy atom. The van der Waals surface area contributed by atoms with E-state index in [-0.39, 0.29) is 5.91 Å². The first-order chi connectivity index (χ1) is 11.1. The quantitative estimate of drug-likeness (QED) is 0.550. The molecule has 0 radical (unpaired) electrons. The van der Waals surface area contributed by atoms with Crippen molar-refractivity contribution in [3.05, 3.63) is 67.9 Å². The van der Waals surface area contributed by atoms with Gasteiger partial charge in [0.05, 0.1) is 11.9 Å². The average molecular weight is 454 g/mol. The van der Waals surface area contributed by atoms with Crippen LogP contribution in [-0.2, 0) is 0 Å². The Hall–Kier alpha value is -1.70. The summed E-state index contributed by atoms with van der Waals surface area (Å²) in [4.78, 5) is 16.9. The zero-order chi connectivity index (χ0) is 16.2. The van der Waals surface area contributed by atoms with Crippen molar-refractivity contribution in [3.63, 3.8) is 0 Å². The summed E-state index contributed by atoms with van der Waals surface area (Å²) in [5, 5.41) is 4.65. The molecule has 23 heavy (non-hydrogen) atoms. The number of pyridine rings is 1. The number of hydrogen-bond donors (Lipinski definition) is 1. The van der Waals surface area contributed by atoms with Crippen LogP contribution in [0.1, 0.15) is 9.67 Å². The summed E-state index contributed by atoms with van der Waals surface area (Å²) >= 11 is 8.11. The summed E-state index contributed by atoms with van der Waals surface area (Å²) in [5.41, 5.74) is 0.608. The van der Waals surface area contributed by atoms with Gasteiger partial charge in [0, 0.05) is 15.0 Å². The van der Waals surface area contributed by atoms with E-state index in [1.807, 2.05) is 35.7 Å². The van der Waals surface area contributed by atoms with Crippen molar-refractivity contribution in [3.8, 4) is 11.6 Å². The first-order valence-corrected chi connectivity index (χ1v) is 9.02. The van der Waals surface area contributed by atoms with Gasteiger partial charge in [-0.25, -0.2) is 4.98 Å². The van der Waals surface area contributed by atoms with Gasteiger partial charge in [0.2, 0.25) is 5.88 Å². The highest BCUT2D eigenvalue weighted by molar-refractivity contribution is 9.10. The fourth-order valence-electron chi connectivity index (χ4n) is 1.81. The molecule has 1 amide bonds. The maximum Gasteiger partial charge on any atom is 0.266 e. The standard InChI is InChI=1S/C16H10Br2N2O2S/c17-10-2-1-3-12(8-10)22-14-5-4-11(9-19-14)20-16(21)15-13(18)6-7-23-15/h1-9H,(H,20,21). The maximum absolute atomic E-state index is 12.1. The van der Waals surface area contributed by atoms with Gasteiger partial charge in [-0.2, -0.15) is 0 Å². The summed E-state index contributed by atoms with van der Waals surface area (Å²) in [6.45, 7) is 0. The largest absolute Gasteiger partial charge is 0.439 e. The Morgan fingerprint density at radius 3 is 2.70 bits per heavy atom. The van der Waals surface area contributed by atoms with Gasteiger partial charge in [-0.05, 0) is 51.6 Å². The molecule has 0 atom stereocenters. The molecule has 4 nitrogen and oxygen atoms in total. The Morgan fingerprint density at radius 1 is 1.17 bits per heavy atom. The Bertz CT molecular complexity index is 834. The number of ether oxygens (including phenoxy) is 1. The van der Waals surface area contributed by atoms with Crippen LogP contribution in [0.2, 0.25) is 0 Å². The number of nitrogens with one attached hydrogen (secondary N) is 1. The van der Waals surface area contributed by atoms with Crippen LogP contribution in [0, 0.1) is 0 Å². The molecule has 3 aromatic rings. The van der Waals surface area contributed by atoms with Gasteiger partial charge in [0.15, 0.2) is 0 Å². The molecule has 0 aliphatic carbocycles. The molecular weight excluding hydrogens is 444 g/mol. The lowest BCUT2D eigenvalue weighted by Gasteiger charge is -2.07. The molecule has 7 heteroatoms. The van der Waals surface area contributed by atoms with Crippen LogP contribution >= 0.6 is 43.2 Å². The number of rotatable bonds is 4. The Kier molecular flexibility index (Phi) is 5.09. The lowest BCUT2D eigenvalue weighted by atomic mass is 10.3. The van der Waals surface area contributed by atoms with E-state index < -0.39 is 0 Å². The van der Waals surface area contributed by atoms with Gasteiger partial charge in [-0.1, -0.05) is 22.0 Å². The maximum atomic E-state index is 12.1. The van der Waals surface area contributed by atoms with Crippen molar-refractivity contribution < 1.29 is 9.53 Å². The second kappa shape index (κ2) is 7.25. The third kappa shape index (κ3) is 4.19. The number of benzene rings is 1. The zero-order valence-corrected chi connectivity index (χ0v) is 15.6. The van der Waals surface area contributed by atoms with Crippen molar-refractivity contribution in [1.82, 2.24) is 4.98 Å². The van der Waals surface area contributed by atoms with Gasteiger partial charge in [-0.3, -0.25) is 4.79 Å². The van der Waals surface area contributed by atoms with Crippen LogP contribution in [-0.4, -0.2) is 10.9 Å². The van der Waals surface area contributed by atoms with Gasteiger partial charge < -0.3 is 10.1 Å². The third-order valence-corrected chi connectivity index (χ3v) is 5.17. The summed E-state index contributed by atoms with van der Waals surface area (Å²) in [7, 11) is 0. The molecule has 0 saturated heterocycles. The normalized spacial score (nSPS) is 10.3. The monoisotopic (exact) mass is 452 g/mol. The minimum Gasteiger partial charge on any atom is -0.439 e. The second-order valence-electron chi connectivity index (χ2n) is 4.50. The van der Waals surface area contributed by atoms with E-state index in [1.165, 1.54) is 11.3 Å². The topological polar surface area (TPSA) is 51.2 Å². The summed E-state index contributed by atoms with van der Waals surface area (Å²) < 4.78 is 7.36. The fourth-order valence-corrected chi connectivity index (χ4v) is 3.63. The number of hydrogen-bond acceptors (Lipinski definition) is 4. The fraction of sp³-hybridized carbons (Fsp3) is 0. The molecule has 0 fully saturated rings. The number of amides is 1. The summed E-state index contributed by atoms with van der Waals surface area (Å²) in [6, 6.07) is 12.8. The molecule has 0 aliphatic rings. The van der Waals surface area contributed by atoms with Gasteiger partial charge in [0.25, 0.3) is 5.91 Å². The number of thiophene rings is 1. The van der Waals surface area contributed by atoms with E-state index in [4.69, 9.17) is 4.74 Å². The molecule has 116 valence electrons. The SMILES string of the molecule is O=C(Nc1ccc(Oc2cccc(Br)c2)nc1)c1sccc1Br. The van der Waals surface area contributed by atoms with Crippen LogP contribution in [0.15, 0.2) is 63.0 Å². The van der Waals surface area contributed by atoms with Crippen LogP contribution in [0.5, 0.6) is 11.6 Å². The predicted octanol–water partition coefficient (Wildman–Crippen LogP) is 5.71. The highest BCUT2D eigenvalue weighted by Crippen LogP contribution is 2.25. The first kappa shape index (κ1) is 16.2. The molecule has 1 N–H and O–H groups in total. The number of carbonyl (C=O) groups is 1. The van der Waals surface area contributed by atoms with Crippen LogP contribution in [0.3, 0.4) is 0 Å². The van der Waals surface area contributed by atoms with Crippen molar-refractivity contribution in [1.29, 1.82) is 0 Å². The molecule has 0 aliphatic heterocycles. The number of anilines is 1. The van der Waals surface area contributed by atoms with E-state index >= 15 is 0 Å². The molecule has 0 bridgehead atoms. The Labute approximate surface area is 153 Å². The van der Waals surface area contributed by atoms with Crippen molar-refractivity contribution in [2.45, 2.75) is 0 Å². The van der Waals surface area contributed by atoms with E-state index in [2.05, 4.69) is 42.2 Å². The zero-order valence-electron chi connectivity index (χ0n) is 11.6. The van der Waals surface area contributed by atoms with Gasteiger partial charge in [-0.15, -0.1) is 11.3 Å². The molecule has 0 unspecified atom stereocenters. The van der Waals surface area contributed by atoms with Crippen molar-refractivity contribution in [2.75, 3.05) is 5.32 Å². The number of nitrogens with zero attached hydrogens (tertiary/aromatic N) is 1. The van der Waals surface area contributed by atoms with Crippen LogP contribution in [0.4, 0.5) is 5.69 Å². The van der Waals surface area contributed by atoms with Crippen molar-refractivity contribution in [2.24, 2.45) is 0 Å². The predicted molar refractivity (Wildman–Crippen MR) is 98.4 cm³/mol. The highest BCUT2D eigenvalue weighted by atomic mass is 79.9. The lowest BCUT2D eigenvalue weighted by molar-refractivity contribution is 0.103. The number of carbonyl (C=O) groups excluding carboxylic acids is 1. The molecule has 2 aromatic heterocycles. The van der Waals surface area contributed by atoms with E-state index in [0.717, 1.165) is 8.95 Å². The summed E-state index contributed by atoms with van der Waals surface area (Å²) in [6.07, 6.45) is 1.56. The highest BCUT2D eigenvalue weighted by Gasteiger charge is 2.12. The minimum absolute atomic E-state index is 0.172. The summed E-state index contributed by atoms with van der Waals surface area (Å²) in [5.74, 6) is 0.971. The smallest absolute Gasteiger partial charge is 0.266 e. The molecule has 2 heterocycles. The lowest BCUT2D eigenvalue weighted by Crippen LogP contribution is -2.10. The molecule has 0 saturated carbocycles. The molecule has 0 spiro atoms. The van der Waals surface area contributed by atoms with Crippen LogP contribution in [0.25, 0.3) is 0 Å². The Balaban J connectivity index is 1.67. The minimum atomic E-state index is -0.172. The second-order valence-corrected chi connectivity index (χ2v) is 7.18. The molecule has 3 rings (SSSR count). The average Bonchev–Trinajstić information content (AvgIpc) is 2.95. The van der Waals surface area contributed by atoms with Gasteiger partial charge >= 0.3 is 0 Å². The van der Waals surface area contributed by atoms with E-state index in [9.17, 15) is 4.79 Å². The molecule has 1 aromatic carbocycles. The molecular formula is C16H10Br2N2O2S. The van der Waals surface area contributed by atoms with Gasteiger partial charge in [0.1, 0.15) is 10.6 Å². The number of halogens is 2. The van der Waals surface area contributed by atoms with Crippen LogP contribution < -0.4 is 10.1 Å². The van der Waals surface area contributed by atoms with Crippen molar-refractivity contribution >= 4 is 54.8 Å².